The Morgan fingerprint density at radius 1 is 1.44 bits per heavy atom. The number of carbonyl (C=O) groups excluding carboxylic acids is 2. The van der Waals surface area contributed by atoms with Crippen LogP contribution in [0.3, 0.4) is 0 Å². The van der Waals surface area contributed by atoms with E-state index in [9.17, 15) is 9.59 Å². The lowest BCUT2D eigenvalue weighted by Gasteiger charge is -2.30. The van der Waals surface area contributed by atoms with Crippen LogP contribution in [0.25, 0.3) is 0 Å². The molecule has 0 atom stereocenters. The van der Waals surface area contributed by atoms with Gasteiger partial charge in [0, 0.05) is 0 Å². The molecule has 18 heavy (non-hydrogen) atoms. The van der Waals surface area contributed by atoms with Gasteiger partial charge in [-0.25, -0.2) is 0 Å². The third-order valence-electron chi connectivity index (χ3n) is 3.11. The summed E-state index contributed by atoms with van der Waals surface area (Å²) in [5, 5.41) is 4.51. The van der Waals surface area contributed by atoms with E-state index in [2.05, 4.69) is 12.4 Å². The predicted octanol–water partition coefficient (Wildman–Crippen LogP) is -1.17. The third-order valence-corrected chi connectivity index (χ3v) is 3.98. The zero-order chi connectivity index (χ0) is 13.0. The van der Waals surface area contributed by atoms with Gasteiger partial charge in [0.1, 0.15) is 0 Å². The maximum absolute atomic E-state index is 11.9. The smallest absolute Gasteiger partial charge is 0.261 e. The van der Waals surface area contributed by atoms with Crippen LogP contribution in [0.4, 0.5) is 0 Å². The number of amides is 2. The summed E-state index contributed by atoms with van der Waals surface area (Å²) in [6.45, 7) is 3.60. The molecule has 6 heteroatoms. The Balaban J connectivity index is 1.76. The minimum Gasteiger partial charge on any atom is -0.342 e. The van der Waals surface area contributed by atoms with Crippen molar-refractivity contribution in [2.24, 2.45) is 0 Å². The molecule has 1 aliphatic heterocycles. The average Bonchev–Trinajstić information content (AvgIpc) is 2.90. The highest BCUT2D eigenvalue weighted by Crippen LogP contribution is 2.07. The second-order valence-corrected chi connectivity index (χ2v) is 5.45. The molecule has 0 unspecified atom stereocenters. The van der Waals surface area contributed by atoms with Crippen molar-refractivity contribution >= 4 is 23.2 Å². The first-order valence-corrected chi connectivity index (χ1v) is 6.95. The topological polar surface area (TPSA) is 53.9 Å². The number of rotatable bonds is 3. The van der Waals surface area contributed by atoms with E-state index >= 15 is 0 Å². The molecule has 5 nitrogen and oxygen atoms in total. The molecule has 98 valence electrons. The molecule has 0 aromatic carbocycles. The molecule has 0 bridgehead atoms. The van der Waals surface area contributed by atoms with E-state index in [0.717, 1.165) is 26.2 Å². The fourth-order valence-corrected chi connectivity index (χ4v) is 2.54. The van der Waals surface area contributed by atoms with Crippen molar-refractivity contribution in [1.29, 1.82) is 0 Å². The van der Waals surface area contributed by atoms with E-state index in [1.165, 1.54) is 16.2 Å². The standard InChI is InChI=1S/C12H17N3O2S/c1-14-4-6-15(7-5-14)11(16)9-13-12(17)10-3-2-8-18-10/h2-3,8H,4-7,9H2,1H3,(H,13,17)/p+1. The van der Waals surface area contributed by atoms with Gasteiger partial charge in [0.05, 0.1) is 44.6 Å². The van der Waals surface area contributed by atoms with Gasteiger partial charge in [-0.1, -0.05) is 6.07 Å². The average molecular weight is 268 g/mol. The van der Waals surface area contributed by atoms with Crippen LogP contribution in [0.2, 0.25) is 0 Å². The van der Waals surface area contributed by atoms with E-state index in [-0.39, 0.29) is 18.4 Å². The molecule has 2 rings (SSSR count). The van der Waals surface area contributed by atoms with Crippen molar-refractivity contribution in [3.05, 3.63) is 22.4 Å². The van der Waals surface area contributed by atoms with Crippen molar-refractivity contribution in [2.45, 2.75) is 0 Å². The van der Waals surface area contributed by atoms with Gasteiger partial charge in [0.15, 0.2) is 0 Å². The van der Waals surface area contributed by atoms with Crippen LogP contribution in [0, 0.1) is 0 Å². The minimum atomic E-state index is -0.168. The Morgan fingerprint density at radius 3 is 2.78 bits per heavy atom. The van der Waals surface area contributed by atoms with Gasteiger partial charge in [-0.15, -0.1) is 11.3 Å². The SMILES string of the molecule is C[NH+]1CCN(C(=O)CNC(=O)c2cccs2)CC1. The van der Waals surface area contributed by atoms with Gasteiger partial charge in [-0.3, -0.25) is 9.59 Å². The summed E-state index contributed by atoms with van der Waals surface area (Å²) in [6.07, 6.45) is 0. The normalized spacial score (nSPS) is 16.6. The maximum Gasteiger partial charge on any atom is 0.261 e. The molecule has 2 amide bonds. The molecule has 1 fully saturated rings. The molecule has 1 aromatic heterocycles. The summed E-state index contributed by atoms with van der Waals surface area (Å²) < 4.78 is 0. The molecule has 2 heterocycles. The monoisotopic (exact) mass is 268 g/mol. The van der Waals surface area contributed by atoms with Crippen molar-refractivity contribution < 1.29 is 14.5 Å². The van der Waals surface area contributed by atoms with E-state index in [4.69, 9.17) is 0 Å². The van der Waals surface area contributed by atoms with Crippen LogP contribution in [0.15, 0.2) is 17.5 Å². The van der Waals surface area contributed by atoms with Gasteiger partial charge in [0.2, 0.25) is 5.91 Å². The first-order valence-electron chi connectivity index (χ1n) is 6.07. The lowest BCUT2D eigenvalue weighted by Crippen LogP contribution is -3.12. The van der Waals surface area contributed by atoms with Gasteiger partial charge >= 0.3 is 0 Å². The fourth-order valence-electron chi connectivity index (χ4n) is 1.90. The van der Waals surface area contributed by atoms with Crippen molar-refractivity contribution in [1.82, 2.24) is 10.2 Å². The summed E-state index contributed by atoms with van der Waals surface area (Å²) in [7, 11) is 2.13. The van der Waals surface area contributed by atoms with Crippen molar-refractivity contribution in [3.63, 3.8) is 0 Å². The number of quaternary nitrogens is 1. The van der Waals surface area contributed by atoms with Gasteiger partial charge in [-0.05, 0) is 11.4 Å². The molecular weight excluding hydrogens is 250 g/mol. The summed E-state index contributed by atoms with van der Waals surface area (Å²) in [5.41, 5.74) is 0. The predicted molar refractivity (Wildman–Crippen MR) is 69.9 cm³/mol. The van der Waals surface area contributed by atoms with Crippen molar-refractivity contribution in [3.8, 4) is 0 Å². The minimum absolute atomic E-state index is 0.00686. The summed E-state index contributed by atoms with van der Waals surface area (Å²) in [6, 6.07) is 3.58. The van der Waals surface area contributed by atoms with E-state index in [1.54, 1.807) is 6.07 Å². The number of hydrogen-bond acceptors (Lipinski definition) is 3. The molecule has 0 spiro atoms. The number of piperazine rings is 1. The van der Waals surface area contributed by atoms with Crippen LogP contribution >= 0.6 is 11.3 Å². The number of hydrogen-bond donors (Lipinski definition) is 2. The highest BCUT2D eigenvalue weighted by Gasteiger charge is 2.21. The lowest BCUT2D eigenvalue weighted by molar-refractivity contribution is -0.883. The Hall–Kier alpha value is -1.40. The number of nitrogens with zero attached hydrogens (tertiary/aromatic N) is 1. The number of likely N-dealkylation sites (N-methyl/N-ethyl adjacent to an activating group) is 1. The molecule has 1 saturated heterocycles. The van der Waals surface area contributed by atoms with Crippen LogP contribution in [0.5, 0.6) is 0 Å². The molecule has 0 saturated carbocycles. The number of nitrogens with one attached hydrogen (secondary N) is 2. The summed E-state index contributed by atoms with van der Waals surface area (Å²) >= 11 is 1.38. The van der Waals surface area contributed by atoms with Gasteiger partial charge in [0.25, 0.3) is 5.91 Å². The van der Waals surface area contributed by atoms with Gasteiger partial charge in [-0.2, -0.15) is 0 Å². The zero-order valence-corrected chi connectivity index (χ0v) is 11.3. The Kier molecular flexibility index (Phi) is 4.33. The maximum atomic E-state index is 11.9. The van der Waals surface area contributed by atoms with Gasteiger partial charge < -0.3 is 15.1 Å². The first-order chi connectivity index (χ1) is 8.66. The molecular formula is C12H18N3O2S+. The van der Waals surface area contributed by atoms with Crippen LogP contribution in [-0.2, 0) is 4.79 Å². The second-order valence-electron chi connectivity index (χ2n) is 4.50. The Bertz CT molecular complexity index is 411. The van der Waals surface area contributed by atoms with E-state index in [1.807, 2.05) is 16.3 Å². The number of thiophene rings is 1. The van der Waals surface area contributed by atoms with Crippen LogP contribution in [-0.4, -0.2) is 56.5 Å². The highest BCUT2D eigenvalue weighted by atomic mass is 32.1. The largest absolute Gasteiger partial charge is 0.342 e. The third kappa shape index (κ3) is 3.30. The lowest BCUT2D eigenvalue weighted by atomic mass is 10.3. The Morgan fingerprint density at radius 2 is 2.17 bits per heavy atom. The quantitative estimate of drug-likeness (QED) is 0.726. The number of carbonyl (C=O) groups is 2. The van der Waals surface area contributed by atoms with E-state index in [0.29, 0.717) is 4.88 Å². The Labute approximate surface area is 110 Å². The summed E-state index contributed by atoms with van der Waals surface area (Å²) in [5.74, 6) is -0.162. The first kappa shape index (κ1) is 13.0. The molecule has 2 N–H and O–H groups in total. The molecule has 0 radical (unpaired) electrons. The zero-order valence-electron chi connectivity index (χ0n) is 10.4. The molecule has 1 aliphatic rings. The van der Waals surface area contributed by atoms with Crippen LogP contribution in [0.1, 0.15) is 9.67 Å². The highest BCUT2D eigenvalue weighted by molar-refractivity contribution is 7.12. The molecule has 1 aromatic rings. The molecule has 0 aliphatic carbocycles. The summed E-state index contributed by atoms with van der Waals surface area (Å²) in [4.78, 5) is 27.5. The second kappa shape index (κ2) is 5.97. The van der Waals surface area contributed by atoms with Crippen LogP contribution < -0.4 is 10.2 Å². The van der Waals surface area contributed by atoms with Crippen molar-refractivity contribution in [2.75, 3.05) is 39.8 Å². The fraction of sp³-hybridized carbons (Fsp3) is 0.500. The van der Waals surface area contributed by atoms with E-state index < -0.39 is 0 Å².